The molecular weight excluding hydrogens is 298 g/mol. The first kappa shape index (κ1) is 14.8. The van der Waals surface area contributed by atoms with Crippen molar-refractivity contribution in [2.45, 2.75) is 17.9 Å². The molecule has 2 rings (SSSR count). The Labute approximate surface area is 122 Å². The fourth-order valence-electron chi connectivity index (χ4n) is 1.58. The predicted octanol–water partition coefficient (Wildman–Crippen LogP) is 2.56. The van der Waals surface area contributed by atoms with Gasteiger partial charge in [-0.1, -0.05) is 23.7 Å². The minimum atomic E-state index is -3.67. The van der Waals surface area contributed by atoms with Gasteiger partial charge in [0.1, 0.15) is 5.82 Å². The van der Waals surface area contributed by atoms with Crippen molar-refractivity contribution in [3.8, 4) is 0 Å². The molecular formula is C13H14ClN3O2S. The average molecular weight is 312 g/mol. The summed E-state index contributed by atoms with van der Waals surface area (Å²) >= 11 is 5.70. The fourth-order valence-corrected chi connectivity index (χ4v) is 2.70. The molecule has 0 saturated carbocycles. The third-order valence-electron chi connectivity index (χ3n) is 2.68. The number of rotatable bonds is 4. The number of nitrogens with two attached hydrogens (primary N) is 1. The summed E-state index contributed by atoms with van der Waals surface area (Å²) in [6, 6.07) is 9.32. The third kappa shape index (κ3) is 3.47. The lowest BCUT2D eigenvalue weighted by Gasteiger charge is -2.09. The van der Waals surface area contributed by atoms with Crippen molar-refractivity contribution in [2.75, 3.05) is 4.72 Å². The van der Waals surface area contributed by atoms with Gasteiger partial charge in [0, 0.05) is 12.2 Å². The van der Waals surface area contributed by atoms with Crippen LogP contribution in [0.1, 0.15) is 18.5 Å². The van der Waals surface area contributed by atoms with Crippen LogP contribution in [-0.2, 0) is 10.0 Å². The average Bonchev–Trinajstić information content (AvgIpc) is 2.41. The summed E-state index contributed by atoms with van der Waals surface area (Å²) in [4.78, 5) is 4.04. The van der Waals surface area contributed by atoms with Gasteiger partial charge in [-0.2, -0.15) is 0 Å². The summed E-state index contributed by atoms with van der Waals surface area (Å²) in [6.07, 6.45) is 1.37. The van der Waals surface area contributed by atoms with Crippen LogP contribution in [0.5, 0.6) is 0 Å². The number of hydrogen-bond acceptors (Lipinski definition) is 4. The highest BCUT2D eigenvalue weighted by molar-refractivity contribution is 7.92. The molecule has 0 aliphatic heterocycles. The number of hydrogen-bond donors (Lipinski definition) is 2. The summed E-state index contributed by atoms with van der Waals surface area (Å²) < 4.78 is 26.7. The Balaban J connectivity index is 2.23. The number of sulfonamides is 1. The van der Waals surface area contributed by atoms with E-state index in [2.05, 4.69) is 9.71 Å². The lowest BCUT2D eigenvalue weighted by molar-refractivity contribution is 0.601. The van der Waals surface area contributed by atoms with Gasteiger partial charge in [0.05, 0.1) is 9.92 Å². The van der Waals surface area contributed by atoms with Gasteiger partial charge in [-0.15, -0.1) is 0 Å². The van der Waals surface area contributed by atoms with E-state index >= 15 is 0 Å². The number of nitrogens with zero attached hydrogens (tertiary/aromatic N) is 1. The van der Waals surface area contributed by atoms with Crippen molar-refractivity contribution < 1.29 is 8.42 Å². The van der Waals surface area contributed by atoms with Crippen LogP contribution in [-0.4, -0.2) is 13.4 Å². The molecule has 1 atom stereocenters. The normalized spacial score (nSPS) is 12.9. The van der Waals surface area contributed by atoms with Crippen molar-refractivity contribution >= 4 is 27.4 Å². The van der Waals surface area contributed by atoms with Gasteiger partial charge in [0.25, 0.3) is 10.0 Å². The monoisotopic (exact) mass is 311 g/mol. The quantitative estimate of drug-likeness (QED) is 0.908. The van der Waals surface area contributed by atoms with E-state index in [4.69, 9.17) is 17.3 Å². The Morgan fingerprint density at radius 3 is 2.35 bits per heavy atom. The van der Waals surface area contributed by atoms with E-state index in [1.165, 1.54) is 24.4 Å². The minimum Gasteiger partial charge on any atom is -0.324 e. The smallest absolute Gasteiger partial charge is 0.263 e. The highest BCUT2D eigenvalue weighted by atomic mass is 35.5. The van der Waals surface area contributed by atoms with Crippen molar-refractivity contribution in [1.82, 2.24) is 4.98 Å². The van der Waals surface area contributed by atoms with E-state index in [9.17, 15) is 8.42 Å². The standard InChI is InChI=1S/C13H14ClN3O2S/c1-9(15)10-2-5-12(6-3-10)20(18,19)17-13-7-4-11(14)8-16-13/h2-9H,15H2,1H3,(H,16,17). The van der Waals surface area contributed by atoms with Crippen LogP contribution in [0.3, 0.4) is 0 Å². The van der Waals surface area contributed by atoms with Crippen molar-refractivity contribution in [1.29, 1.82) is 0 Å². The molecule has 0 bridgehead atoms. The van der Waals surface area contributed by atoms with Crippen LogP contribution >= 0.6 is 11.6 Å². The maximum atomic E-state index is 12.2. The second-order valence-electron chi connectivity index (χ2n) is 4.32. The van der Waals surface area contributed by atoms with Crippen LogP contribution in [0.4, 0.5) is 5.82 Å². The van der Waals surface area contributed by atoms with E-state index in [0.717, 1.165) is 5.56 Å². The minimum absolute atomic E-state index is 0.141. The van der Waals surface area contributed by atoms with E-state index in [-0.39, 0.29) is 16.8 Å². The SMILES string of the molecule is CC(N)c1ccc(S(=O)(=O)Nc2ccc(Cl)cn2)cc1. The van der Waals surface area contributed by atoms with Crippen LogP contribution in [0.2, 0.25) is 5.02 Å². The van der Waals surface area contributed by atoms with Crippen molar-refractivity contribution in [3.05, 3.63) is 53.2 Å². The highest BCUT2D eigenvalue weighted by Crippen LogP contribution is 2.18. The number of aromatic nitrogens is 1. The van der Waals surface area contributed by atoms with Crippen molar-refractivity contribution in [2.24, 2.45) is 5.73 Å². The Bertz CT molecular complexity index is 683. The van der Waals surface area contributed by atoms with E-state index < -0.39 is 10.0 Å². The molecule has 7 heteroatoms. The highest BCUT2D eigenvalue weighted by Gasteiger charge is 2.15. The van der Waals surface area contributed by atoms with E-state index in [1.54, 1.807) is 18.2 Å². The molecule has 0 saturated heterocycles. The Hall–Kier alpha value is -1.63. The number of benzene rings is 1. The summed E-state index contributed by atoms with van der Waals surface area (Å²) in [6.45, 7) is 1.83. The summed E-state index contributed by atoms with van der Waals surface area (Å²) in [7, 11) is -3.67. The van der Waals surface area contributed by atoms with Gasteiger partial charge >= 0.3 is 0 Å². The third-order valence-corrected chi connectivity index (χ3v) is 4.28. The largest absolute Gasteiger partial charge is 0.324 e. The molecule has 0 amide bonds. The molecule has 1 unspecified atom stereocenters. The molecule has 0 fully saturated rings. The molecule has 106 valence electrons. The Morgan fingerprint density at radius 2 is 1.85 bits per heavy atom. The molecule has 0 aliphatic rings. The van der Waals surface area contributed by atoms with Gasteiger partial charge < -0.3 is 5.73 Å². The lowest BCUT2D eigenvalue weighted by atomic mass is 10.1. The van der Waals surface area contributed by atoms with Crippen LogP contribution in [0.15, 0.2) is 47.5 Å². The Kier molecular flexibility index (Phi) is 4.27. The zero-order valence-electron chi connectivity index (χ0n) is 10.7. The predicted molar refractivity (Wildman–Crippen MR) is 79.1 cm³/mol. The Morgan fingerprint density at radius 1 is 1.20 bits per heavy atom. The van der Waals surface area contributed by atoms with E-state index in [0.29, 0.717) is 5.02 Å². The van der Waals surface area contributed by atoms with Gasteiger partial charge in [-0.05, 0) is 36.8 Å². The summed E-state index contributed by atoms with van der Waals surface area (Å²) in [5, 5.41) is 0.439. The first-order chi connectivity index (χ1) is 9.38. The van der Waals surface area contributed by atoms with Crippen LogP contribution < -0.4 is 10.5 Å². The molecule has 0 aliphatic carbocycles. The van der Waals surface area contributed by atoms with Crippen LogP contribution in [0, 0.1) is 0 Å². The number of nitrogens with one attached hydrogen (secondary N) is 1. The fraction of sp³-hybridized carbons (Fsp3) is 0.154. The van der Waals surface area contributed by atoms with Crippen molar-refractivity contribution in [3.63, 3.8) is 0 Å². The summed E-state index contributed by atoms with van der Waals surface area (Å²) in [5.41, 5.74) is 6.59. The molecule has 1 aromatic carbocycles. The molecule has 1 heterocycles. The number of pyridine rings is 1. The maximum absolute atomic E-state index is 12.2. The van der Waals surface area contributed by atoms with Gasteiger partial charge in [0.2, 0.25) is 0 Å². The molecule has 1 aromatic heterocycles. The number of halogens is 1. The van der Waals surface area contributed by atoms with Gasteiger partial charge in [-0.3, -0.25) is 4.72 Å². The first-order valence-electron chi connectivity index (χ1n) is 5.88. The second-order valence-corrected chi connectivity index (χ2v) is 6.44. The van der Waals surface area contributed by atoms with Gasteiger partial charge in [-0.25, -0.2) is 13.4 Å². The molecule has 5 nitrogen and oxygen atoms in total. The summed E-state index contributed by atoms with van der Waals surface area (Å²) in [5.74, 6) is 0.214. The second kappa shape index (κ2) is 5.78. The van der Waals surface area contributed by atoms with E-state index in [1.807, 2.05) is 6.92 Å². The number of anilines is 1. The van der Waals surface area contributed by atoms with Gasteiger partial charge in [0.15, 0.2) is 0 Å². The molecule has 2 aromatic rings. The maximum Gasteiger partial charge on any atom is 0.263 e. The lowest BCUT2D eigenvalue weighted by Crippen LogP contribution is -2.14. The zero-order chi connectivity index (χ0) is 14.8. The molecule has 20 heavy (non-hydrogen) atoms. The molecule has 0 spiro atoms. The first-order valence-corrected chi connectivity index (χ1v) is 7.74. The zero-order valence-corrected chi connectivity index (χ0v) is 12.3. The molecule has 3 N–H and O–H groups in total. The topological polar surface area (TPSA) is 85.1 Å². The van der Waals surface area contributed by atoms with Crippen LogP contribution in [0.25, 0.3) is 0 Å². The molecule has 0 radical (unpaired) electrons.